The molecule has 2 N–H and O–H groups in total. The van der Waals surface area contributed by atoms with Gasteiger partial charge in [0.25, 0.3) is 0 Å². The molecule has 0 aromatic carbocycles. The predicted molar refractivity (Wildman–Crippen MR) is 80.1 cm³/mol. The highest BCUT2D eigenvalue weighted by molar-refractivity contribution is 9.10. The minimum Gasteiger partial charge on any atom is -0.395 e. The molecule has 2 unspecified atom stereocenters. The summed E-state index contributed by atoms with van der Waals surface area (Å²) < 4.78 is 1.15. The molecule has 1 aliphatic rings. The van der Waals surface area contributed by atoms with Crippen LogP contribution in [0.2, 0.25) is 0 Å². The molecule has 0 saturated carbocycles. The molecule has 0 radical (unpaired) electrons. The van der Waals surface area contributed by atoms with E-state index >= 15 is 0 Å². The van der Waals surface area contributed by atoms with Crippen molar-refractivity contribution in [3.8, 4) is 0 Å². The molecule has 2 rings (SSSR count). The van der Waals surface area contributed by atoms with E-state index in [1.807, 2.05) is 0 Å². The Kier molecular flexibility index (Phi) is 5.63. The van der Waals surface area contributed by atoms with Gasteiger partial charge in [0.1, 0.15) is 0 Å². The molecule has 0 spiro atoms. The minimum absolute atomic E-state index is 0.226. The first-order valence-electron chi connectivity index (χ1n) is 6.53. The number of hydrogen-bond donors (Lipinski definition) is 2. The largest absolute Gasteiger partial charge is 0.395 e. The number of hydrogen-bond acceptors (Lipinski definition) is 4. The van der Waals surface area contributed by atoms with Gasteiger partial charge in [-0.25, -0.2) is 0 Å². The van der Waals surface area contributed by atoms with E-state index in [1.165, 1.54) is 17.7 Å². The van der Waals surface area contributed by atoms with Gasteiger partial charge in [-0.05, 0) is 48.3 Å². The van der Waals surface area contributed by atoms with Crippen molar-refractivity contribution in [3.63, 3.8) is 0 Å². The highest BCUT2D eigenvalue weighted by Crippen LogP contribution is 2.29. The zero-order chi connectivity index (χ0) is 13.0. The molecule has 18 heavy (non-hydrogen) atoms. The van der Waals surface area contributed by atoms with E-state index in [2.05, 4.69) is 44.5 Å². The fourth-order valence-electron chi connectivity index (χ4n) is 2.49. The summed E-state index contributed by atoms with van der Waals surface area (Å²) in [5.74, 6) is 0. The maximum atomic E-state index is 9.24. The lowest BCUT2D eigenvalue weighted by molar-refractivity contribution is 0.149. The molecule has 0 amide bonds. The fraction of sp³-hybridized carbons (Fsp3) is 0.692. The lowest BCUT2D eigenvalue weighted by Crippen LogP contribution is -2.40. The van der Waals surface area contributed by atoms with Crippen LogP contribution in [0.15, 0.2) is 15.9 Å². The summed E-state index contributed by atoms with van der Waals surface area (Å²) in [5, 5.41) is 14.9. The van der Waals surface area contributed by atoms with Crippen LogP contribution in [0, 0.1) is 0 Å². The Morgan fingerprint density at radius 3 is 3.06 bits per heavy atom. The highest BCUT2D eigenvalue weighted by atomic mass is 79.9. The molecular formula is C13H21BrN2OS. The Hall–Kier alpha value is 0.0600. The smallest absolute Gasteiger partial charge is 0.0558 e. The summed E-state index contributed by atoms with van der Waals surface area (Å²) in [6, 6.07) is 3.14. The highest BCUT2D eigenvalue weighted by Gasteiger charge is 2.22. The molecule has 1 fully saturated rings. The SMILES string of the molecule is CC(c1cc(Br)cs1)N(CCO)CC1CCCN1. The quantitative estimate of drug-likeness (QED) is 0.840. The molecular weight excluding hydrogens is 312 g/mol. The summed E-state index contributed by atoms with van der Waals surface area (Å²) in [4.78, 5) is 3.73. The van der Waals surface area contributed by atoms with E-state index < -0.39 is 0 Å². The summed E-state index contributed by atoms with van der Waals surface area (Å²) >= 11 is 5.29. The third-order valence-electron chi connectivity index (χ3n) is 3.55. The van der Waals surface area contributed by atoms with Crippen molar-refractivity contribution >= 4 is 27.3 Å². The van der Waals surface area contributed by atoms with Gasteiger partial charge in [0.05, 0.1) is 6.61 Å². The maximum absolute atomic E-state index is 9.24. The van der Waals surface area contributed by atoms with Gasteiger partial charge in [-0.3, -0.25) is 4.90 Å². The zero-order valence-corrected chi connectivity index (χ0v) is 13.1. The first-order chi connectivity index (χ1) is 8.70. The van der Waals surface area contributed by atoms with Gasteiger partial charge in [0, 0.05) is 39.9 Å². The summed E-state index contributed by atoms with van der Waals surface area (Å²) in [7, 11) is 0. The Morgan fingerprint density at radius 2 is 2.50 bits per heavy atom. The van der Waals surface area contributed by atoms with Gasteiger partial charge in [-0.15, -0.1) is 11.3 Å². The second-order valence-corrected chi connectivity index (χ2v) is 6.71. The number of nitrogens with one attached hydrogen (secondary N) is 1. The maximum Gasteiger partial charge on any atom is 0.0558 e. The number of thiophene rings is 1. The van der Waals surface area contributed by atoms with Crippen molar-refractivity contribution in [2.45, 2.75) is 31.8 Å². The fourth-order valence-corrected chi connectivity index (χ4v) is 4.03. The molecule has 0 aliphatic carbocycles. The Bertz CT molecular complexity index is 366. The van der Waals surface area contributed by atoms with Gasteiger partial charge < -0.3 is 10.4 Å². The standard InChI is InChI=1S/C13H21BrN2OS/c1-10(13-7-11(14)9-18-13)16(5-6-17)8-12-3-2-4-15-12/h7,9-10,12,15,17H,2-6,8H2,1H3. The van der Waals surface area contributed by atoms with Crippen molar-refractivity contribution in [1.29, 1.82) is 0 Å². The van der Waals surface area contributed by atoms with E-state index in [0.29, 0.717) is 12.1 Å². The average molecular weight is 333 g/mol. The Balaban J connectivity index is 1.98. The molecule has 1 aromatic rings. The van der Waals surface area contributed by atoms with Crippen molar-refractivity contribution in [2.24, 2.45) is 0 Å². The first-order valence-corrected chi connectivity index (χ1v) is 8.20. The second kappa shape index (κ2) is 7.01. The van der Waals surface area contributed by atoms with Crippen LogP contribution in [0.4, 0.5) is 0 Å². The lowest BCUT2D eigenvalue weighted by Gasteiger charge is -2.30. The predicted octanol–water partition coefficient (Wildman–Crippen LogP) is 2.62. The molecule has 0 bridgehead atoms. The Labute approximate surface area is 121 Å². The van der Waals surface area contributed by atoms with Crippen LogP contribution in [-0.4, -0.2) is 42.3 Å². The van der Waals surface area contributed by atoms with E-state index in [0.717, 1.165) is 24.1 Å². The van der Waals surface area contributed by atoms with Crippen molar-refractivity contribution in [2.75, 3.05) is 26.2 Å². The number of nitrogens with zero attached hydrogens (tertiary/aromatic N) is 1. The number of rotatable bonds is 6. The molecule has 1 aromatic heterocycles. The van der Waals surface area contributed by atoms with E-state index in [4.69, 9.17) is 0 Å². The van der Waals surface area contributed by atoms with Crippen LogP contribution in [0.25, 0.3) is 0 Å². The van der Waals surface area contributed by atoms with Gasteiger partial charge in [0.15, 0.2) is 0 Å². The molecule has 102 valence electrons. The van der Waals surface area contributed by atoms with Crippen LogP contribution in [0.1, 0.15) is 30.7 Å². The molecule has 2 heterocycles. The summed E-state index contributed by atoms with van der Waals surface area (Å²) in [5.41, 5.74) is 0. The number of aliphatic hydroxyl groups excluding tert-OH is 1. The molecule has 2 atom stereocenters. The van der Waals surface area contributed by atoms with Gasteiger partial charge in [0.2, 0.25) is 0 Å². The first kappa shape index (κ1) is 14.5. The Morgan fingerprint density at radius 1 is 1.67 bits per heavy atom. The zero-order valence-electron chi connectivity index (χ0n) is 10.7. The van der Waals surface area contributed by atoms with Crippen molar-refractivity contribution < 1.29 is 5.11 Å². The van der Waals surface area contributed by atoms with Crippen LogP contribution in [-0.2, 0) is 0 Å². The topological polar surface area (TPSA) is 35.5 Å². The monoisotopic (exact) mass is 332 g/mol. The van der Waals surface area contributed by atoms with Crippen LogP contribution in [0.5, 0.6) is 0 Å². The van der Waals surface area contributed by atoms with Crippen LogP contribution >= 0.6 is 27.3 Å². The lowest BCUT2D eigenvalue weighted by atomic mass is 10.1. The van der Waals surface area contributed by atoms with Gasteiger partial charge >= 0.3 is 0 Å². The van der Waals surface area contributed by atoms with Crippen molar-refractivity contribution in [3.05, 3.63) is 20.8 Å². The number of halogens is 1. The van der Waals surface area contributed by atoms with E-state index in [1.54, 1.807) is 11.3 Å². The van der Waals surface area contributed by atoms with E-state index in [9.17, 15) is 5.11 Å². The minimum atomic E-state index is 0.226. The van der Waals surface area contributed by atoms with Crippen LogP contribution in [0.3, 0.4) is 0 Å². The third-order valence-corrected chi connectivity index (χ3v) is 5.42. The average Bonchev–Trinajstić information content (AvgIpc) is 2.99. The summed E-state index contributed by atoms with van der Waals surface area (Å²) in [6.07, 6.45) is 2.53. The molecule has 1 saturated heterocycles. The molecule has 5 heteroatoms. The normalized spacial score (nSPS) is 21.7. The molecule has 3 nitrogen and oxygen atoms in total. The van der Waals surface area contributed by atoms with Gasteiger partial charge in [-0.1, -0.05) is 0 Å². The van der Waals surface area contributed by atoms with E-state index in [-0.39, 0.29) is 6.61 Å². The molecule has 1 aliphatic heterocycles. The summed E-state index contributed by atoms with van der Waals surface area (Å²) in [6.45, 7) is 5.36. The third kappa shape index (κ3) is 3.78. The number of aliphatic hydroxyl groups is 1. The van der Waals surface area contributed by atoms with Crippen LogP contribution < -0.4 is 5.32 Å². The van der Waals surface area contributed by atoms with Gasteiger partial charge in [-0.2, -0.15) is 0 Å². The van der Waals surface area contributed by atoms with Crippen molar-refractivity contribution in [1.82, 2.24) is 10.2 Å². The second-order valence-electron chi connectivity index (χ2n) is 4.86.